The van der Waals surface area contributed by atoms with Crippen LogP contribution < -0.4 is 0 Å². The van der Waals surface area contributed by atoms with Gasteiger partial charge in [0.1, 0.15) is 12.7 Å². The van der Waals surface area contributed by atoms with Crippen LogP contribution in [0, 0.1) is 11.3 Å². The summed E-state index contributed by atoms with van der Waals surface area (Å²) in [4.78, 5) is 3.99. The third-order valence-corrected chi connectivity index (χ3v) is 5.84. The van der Waals surface area contributed by atoms with Crippen molar-refractivity contribution in [3.05, 3.63) is 48.5 Å². The number of nitrogens with zero attached hydrogens (tertiary/aromatic N) is 3. The van der Waals surface area contributed by atoms with Crippen LogP contribution in [0.5, 0.6) is 0 Å². The number of hydrogen-bond donors (Lipinski definition) is 1. The quantitative estimate of drug-likeness (QED) is 0.862. The Labute approximate surface area is 136 Å². The fourth-order valence-electron chi connectivity index (χ4n) is 3.67. The van der Waals surface area contributed by atoms with Crippen molar-refractivity contribution in [2.75, 3.05) is 5.88 Å². The Balaban J connectivity index is 1.88. The lowest BCUT2D eigenvalue weighted by Crippen LogP contribution is -2.51. The third kappa shape index (κ3) is 2.66. The van der Waals surface area contributed by atoms with Gasteiger partial charge < -0.3 is 5.11 Å². The summed E-state index contributed by atoms with van der Waals surface area (Å²) in [5.41, 5.74) is 0.0708. The van der Waals surface area contributed by atoms with E-state index in [0.29, 0.717) is 12.4 Å². The molecule has 0 amide bonds. The SMILES string of the molecule is CC1(CCl)CCC(Cc2ccccc2)C1(O)Cn1cncn1. The normalized spacial score (nSPS) is 31.5. The Bertz CT molecular complexity index is 604. The molecule has 0 bridgehead atoms. The van der Waals surface area contributed by atoms with Crippen molar-refractivity contribution in [3.8, 4) is 0 Å². The molecule has 1 N–H and O–H groups in total. The van der Waals surface area contributed by atoms with E-state index < -0.39 is 5.60 Å². The Morgan fingerprint density at radius 2 is 2.14 bits per heavy atom. The zero-order chi connectivity index (χ0) is 15.6. The number of halogens is 1. The molecule has 1 aromatic heterocycles. The van der Waals surface area contributed by atoms with Crippen molar-refractivity contribution in [2.45, 2.75) is 38.3 Å². The van der Waals surface area contributed by atoms with Crippen LogP contribution in [-0.4, -0.2) is 31.4 Å². The number of hydrogen-bond acceptors (Lipinski definition) is 3. The molecule has 118 valence electrons. The van der Waals surface area contributed by atoms with Gasteiger partial charge in [0.15, 0.2) is 0 Å². The smallest absolute Gasteiger partial charge is 0.137 e. The van der Waals surface area contributed by atoms with E-state index >= 15 is 0 Å². The van der Waals surface area contributed by atoms with Gasteiger partial charge in [0, 0.05) is 11.3 Å². The van der Waals surface area contributed by atoms with E-state index in [1.807, 2.05) is 18.2 Å². The van der Waals surface area contributed by atoms with Crippen LogP contribution in [0.1, 0.15) is 25.3 Å². The molecule has 3 atom stereocenters. The second kappa shape index (κ2) is 6.01. The zero-order valence-corrected chi connectivity index (χ0v) is 13.6. The summed E-state index contributed by atoms with van der Waals surface area (Å²) in [5, 5.41) is 15.7. The first-order chi connectivity index (χ1) is 10.6. The van der Waals surface area contributed by atoms with Gasteiger partial charge in [-0.15, -0.1) is 11.6 Å². The molecule has 1 aromatic carbocycles. The summed E-state index contributed by atoms with van der Waals surface area (Å²) in [6, 6.07) is 10.3. The largest absolute Gasteiger partial charge is 0.387 e. The van der Waals surface area contributed by atoms with E-state index in [0.717, 1.165) is 19.3 Å². The van der Waals surface area contributed by atoms with Crippen LogP contribution in [-0.2, 0) is 13.0 Å². The summed E-state index contributed by atoms with van der Waals surface area (Å²) < 4.78 is 1.72. The summed E-state index contributed by atoms with van der Waals surface area (Å²) in [6.45, 7) is 2.52. The van der Waals surface area contributed by atoms with Gasteiger partial charge >= 0.3 is 0 Å². The van der Waals surface area contributed by atoms with Crippen LogP contribution in [0.15, 0.2) is 43.0 Å². The fourth-order valence-corrected chi connectivity index (χ4v) is 4.04. The molecule has 0 radical (unpaired) electrons. The van der Waals surface area contributed by atoms with E-state index in [-0.39, 0.29) is 11.3 Å². The summed E-state index contributed by atoms with van der Waals surface area (Å²) in [6.07, 6.45) is 5.92. The van der Waals surface area contributed by atoms with Gasteiger partial charge in [-0.2, -0.15) is 5.10 Å². The van der Waals surface area contributed by atoms with Crippen molar-refractivity contribution in [2.24, 2.45) is 11.3 Å². The van der Waals surface area contributed by atoms with E-state index in [4.69, 9.17) is 11.6 Å². The van der Waals surface area contributed by atoms with Crippen molar-refractivity contribution in [1.82, 2.24) is 14.8 Å². The van der Waals surface area contributed by atoms with Crippen molar-refractivity contribution in [3.63, 3.8) is 0 Å². The first kappa shape index (κ1) is 15.5. The Morgan fingerprint density at radius 1 is 1.36 bits per heavy atom. The minimum absolute atomic E-state index is 0.169. The maximum absolute atomic E-state index is 11.5. The van der Waals surface area contributed by atoms with Crippen LogP contribution in [0.4, 0.5) is 0 Å². The molecule has 2 aromatic rings. The molecule has 22 heavy (non-hydrogen) atoms. The van der Waals surface area contributed by atoms with E-state index in [1.54, 1.807) is 11.0 Å². The minimum Gasteiger partial charge on any atom is -0.387 e. The fraction of sp³-hybridized carbons (Fsp3) is 0.529. The highest BCUT2D eigenvalue weighted by atomic mass is 35.5. The summed E-state index contributed by atoms with van der Waals surface area (Å²) >= 11 is 6.24. The summed E-state index contributed by atoms with van der Waals surface area (Å²) in [5.74, 6) is 0.617. The molecule has 0 spiro atoms. The molecule has 1 aliphatic rings. The molecular formula is C17H22ClN3O. The van der Waals surface area contributed by atoms with Gasteiger partial charge in [-0.1, -0.05) is 37.3 Å². The highest BCUT2D eigenvalue weighted by Crippen LogP contribution is 2.52. The molecule has 5 heteroatoms. The number of alkyl halides is 1. The maximum atomic E-state index is 11.5. The molecule has 1 aliphatic carbocycles. The van der Waals surface area contributed by atoms with E-state index in [1.165, 1.54) is 11.9 Å². The van der Waals surface area contributed by atoms with Gasteiger partial charge in [0.2, 0.25) is 0 Å². The Morgan fingerprint density at radius 3 is 2.77 bits per heavy atom. The molecule has 1 heterocycles. The molecule has 0 saturated heterocycles. The van der Waals surface area contributed by atoms with E-state index in [9.17, 15) is 5.11 Å². The number of aromatic nitrogens is 3. The monoisotopic (exact) mass is 319 g/mol. The maximum Gasteiger partial charge on any atom is 0.137 e. The van der Waals surface area contributed by atoms with Crippen molar-refractivity contribution < 1.29 is 5.11 Å². The Kier molecular flexibility index (Phi) is 4.24. The average Bonchev–Trinajstić information content (AvgIpc) is 3.11. The van der Waals surface area contributed by atoms with Crippen molar-refractivity contribution in [1.29, 1.82) is 0 Å². The Hall–Kier alpha value is -1.39. The van der Waals surface area contributed by atoms with Crippen LogP contribution in [0.3, 0.4) is 0 Å². The number of aliphatic hydroxyl groups is 1. The molecule has 4 nitrogen and oxygen atoms in total. The molecule has 3 rings (SSSR count). The minimum atomic E-state index is -0.877. The molecule has 3 unspecified atom stereocenters. The average molecular weight is 320 g/mol. The number of rotatable bonds is 5. The lowest BCUT2D eigenvalue weighted by atomic mass is 9.72. The zero-order valence-electron chi connectivity index (χ0n) is 12.8. The molecule has 1 saturated carbocycles. The molecule has 1 fully saturated rings. The standard InChI is InChI=1S/C17H22ClN3O/c1-16(10-18)8-7-15(9-14-5-3-2-4-6-14)17(16,22)11-21-13-19-12-20-21/h2-6,12-13,15,22H,7-11H2,1H3. The van der Waals surface area contributed by atoms with Gasteiger partial charge in [-0.05, 0) is 30.7 Å². The molecule has 0 aliphatic heterocycles. The van der Waals surface area contributed by atoms with Gasteiger partial charge in [0.05, 0.1) is 12.1 Å². The lowest BCUT2D eigenvalue weighted by Gasteiger charge is -2.42. The van der Waals surface area contributed by atoms with Crippen LogP contribution >= 0.6 is 11.6 Å². The van der Waals surface area contributed by atoms with Gasteiger partial charge in [-0.3, -0.25) is 4.68 Å². The first-order valence-electron chi connectivity index (χ1n) is 7.72. The summed E-state index contributed by atoms with van der Waals surface area (Å²) in [7, 11) is 0. The number of benzene rings is 1. The predicted octanol–water partition coefficient (Wildman–Crippen LogP) is 2.91. The van der Waals surface area contributed by atoms with Crippen LogP contribution in [0.2, 0.25) is 0 Å². The topological polar surface area (TPSA) is 50.9 Å². The second-order valence-corrected chi connectivity index (χ2v) is 6.90. The molecular weight excluding hydrogens is 298 g/mol. The van der Waals surface area contributed by atoms with Gasteiger partial charge in [-0.25, -0.2) is 4.98 Å². The lowest BCUT2D eigenvalue weighted by molar-refractivity contribution is -0.0891. The first-order valence-corrected chi connectivity index (χ1v) is 8.25. The second-order valence-electron chi connectivity index (χ2n) is 6.64. The highest BCUT2D eigenvalue weighted by Gasteiger charge is 2.56. The van der Waals surface area contributed by atoms with Crippen molar-refractivity contribution >= 4 is 11.6 Å². The van der Waals surface area contributed by atoms with Gasteiger partial charge in [0.25, 0.3) is 0 Å². The highest BCUT2D eigenvalue weighted by molar-refractivity contribution is 6.18. The predicted molar refractivity (Wildman–Crippen MR) is 86.7 cm³/mol. The third-order valence-electron chi connectivity index (χ3n) is 5.25. The van der Waals surface area contributed by atoms with E-state index in [2.05, 4.69) is 29.1 Å². The van der Waals surface area contributed by atoms with Crippen LogP contribution in [0.25, 0.3) is 0 Å².